The van der Waals surface area contributed by atoms with Crippen molar-refractivity contribution in [1.29, 1.82) is 0 Å². The fourth-order valence-corrected chi connectivity index (χ4v) is 0.866. The Balaban J connectivity index is 0. The van der Waals surface area contributed by atoms with Crippen LogP contribution in [0, 0.1) is 0 Å². The average Bonchev–Trinajstić information content (AvgIpc) is 2.03. The van der Waals surface area contributed by atoms with Gasteiger partial charge in [-0.2, -0.15) is 0 Å². The molecule has 0 N–H and O–H groups in total. The lowest BCUT2D eigenvalue weighted by Gasteiger charge is -2.16. The highest BCUT2D eigenvalue weighted by molar-refractivity contribution is 4.52. The number of ether oxygens (including phenoxy) is 1. The Bertz CT molecular complexity index is 55.9. The predicted molar refractivity (Wildman–Crippen MR) is 51.9 cm³/mol. The highest BCUT2D eigenvalue weighted by Crippen LogP contribution is 2.05. The largest absolute Gasteiger partial charge is 0.376 e. The van der Waals surface area contributed by atoms with Gasteiger partial charge in [-0.3, -0.25) is 0 Å². The van der Waals surface area contributed by atoms with Crippen molar-refractivity contribution >= 4 is 0 Å². The lowest BCUT2D eigenvalue weighted by atomic mass is 10.2. The first kappa shape index (κ1) is 13.5. The highest BCUT2D eigenvalue weighted by Gasteiger charge is 2.03. The lowest BCUT2D eigenvalue weighted by molar-refractivity contribution is 0.00411. The summed E-state index contributed by atoms with van der Waals surface area (Å²) in [6.45, 7) is 12.5. The Morgan fingerprint density at radius 2 is 1.36 bits per heavy atom. The topological polar surface area (TPSA) is 9.23 Å². The first-order valence-electron chi connectivity index (χ1n) is 4.86. The zero-order chi connectivity index (χ0) is 9.28. The van der Waals surface area contributed by atoms with Crippen molar-refractivity contribution in [3.8, 4) is 0 Å². The second-order valence-corrected chi connectivity index (χ2v) is 2.62. The van der Waals surface area contributed by atoms with Crippen LogP contribution in [0.15, 0.2) is 0 Å². The molecule has 0 spiro atoms. The first-order chi connectivity index (χ1) is 5.20. The summed E-state index contributed by atoms with van der Waals surface area (Å²) in [4.78, 5) is 0. The molecular weight excluding hydrogens is 136 g/mol. The zero-order valence-electron chi connectivity index (χ0n) is 8.98. The summed E-state index contributed by atoms with van der Waals surface area (Å²) in [5, 5.41) is 0. The second kappa shape index (κ2) is 9.96. The molecule has 0 aromatic rings. The van der Waals surface area contributed by atoms with Gasteiger partial charge in [0.25, 0.3) is 0 Å². The molecule has 11 heavy (non-hydrogen) atoms. The Hall–Kier alpha value is -0.0400. The third-order valence-corrected chi connectivity index (χ3v) is 1.38. The van der Waals surface area contributed by atoms with Gasteiger partial charge in [-0.15, -0.1) is 0 Å². The predicted octanol–water partition coefficient (Wildman–Crippen LogP) is 3.63. The molecule has 0 aromatic carbocycles. The van der Waals surface area contributed by atoms with Crippen molar-refractivity contribution < 1.29 is 4.74 Å². The molecule has 0 aromatic heterocycles. The number of rotatable bonds is 4. The molecule has 0 unspecified atom stereocenters. The zero-order valence-corrected chi connectivity index (χ0v) is 8.98. The molecule has 0 fully saturated rings. The van der Waals surface area contributed by atoms with Gasteiger partial charge < -0.3 is 4.74 Å². The van der Waals surface area contributed by atoms with Crippen LogP contribution >= 0.6 is 0 Å². The summed E-state index contributed by atoms with van der Waals surface area (Å²) in [5.41, 5.74) is 0. The molecule has 0 saturated carbocycles. The summed E-state index contributed by atoms with van der Waals surface area (Å²) < 4.78 is 5.55. The molecule has 1 heteroatoms. The van der Waals surface area contributed by atoms with Gasteiger partial charge in [0.2, 0.25) is 0 Å². The van der Waals surface area contributed by atoms with E-state index in [1.807, 2.05) is 13.8 Å². The van der Waals surface area contributed by atoms with Crippen molar-refractivity contribution in [3.05, 3.63) is 0 Å². The van der Waals surface area contributed by atoms with Crippen LogP contribution < -0.4 is 0 Å². The second-order valence-electron chi connectivity index (χ2n) is 2.62. The Kier molecular flexibility index (Phi) is 12.3. The summed E-state index contributed by atoms with van der Waals surface area (Å²) in [6.07, 6.45) is 3.13. The maximum absolute atomic E-state index is 5.55. The van der Waals surface area contributed by atoms with E-state index in [1.165, 1.54) is 0 Å². The Labute approximate surface area is 72.1 Å². The van der Waals surface area contributed by atoms with Gasteiger partial charge in [-0.25, -0.2) is 0 Å². The van der Waals surface area contributed by atoms with Crippen LogP contribution in [0.4, 0.5) is 0 Å². The molecule has 70 valence electrons. The normalized spacial score (nSPS) is 9.82. The van der Waals surface area contributed by atoms with Crippen LogP contribution in [0.2, 0.25) is 0 Å². The van der Waals surface area contributed by atoms with E-state index in [-0.39, 0.29) is 0 Å². The maximum atomic E-state index is 5.55. The average molecular weight is 160 g/mol. The smallest absolute Gasteiger partial charge is 0.0573 e. The molecule has 0 bridgehead atoms. The van der Waals surface area contributed by atoms with Crippen LogP contribution in [0.25, 0.3) is 0 Å². The molecule has 0 aliphatic rings. The molecule has 0 amide bonds. The molecule has 0 aliphatic heterocycles. The van der Waals surface area contributed by atoms with Crippen LogP contribution in [0.5, 0.6) is 0 Å². The van der Waals surface area contributed by atoms with Crippen molar-refractivity contribution in [2.75, 3.05) is 0 Å². The summed E-state index contributed by atoms with van der Waals surface area (Å²) in [7, 11) is 0. The van der Waals surface area contributed by atoms with Gasteiger partial charge in [0.05, 0.1) is 12.2 Å². The van der Waals surface area contributed by atoms with E-state index in [0.29, 0.717) is 12.2 Å². The lowest BCUT2D eigenvalue weighted by Crippen LogP contribution is -2.15. The number of hydrogen-bond donors (Lipinski definition) is 0. The minimum Gasteiger partial charge on any atom is -0.376 e. The minimum absolute atomic E-state index is 0.384. The molecule has 0 atom stereocenters. The van der Waals surface area contributed by atoms with Crippen molar-refractivity contribution in [2.24, 2.45) is 0 Å². The van der Waals surface area contributed by atoms with Crippen molar-refractivity contribution in [1.82, 2.24) is 0 Å². The summed E-state index contributed by atoms with van der Waals surface area (Å²) in [6, 6.07) is 0. The van der Waals surface area contributed by atoms with E-state index >= 15 is 0 Å². The van der Waals surface area contributed by atoms with Gasteiger partial charge in [0.1, 0.15) is 0 Å². The third-order valence-electron chi connectivity index (χ3n) is 1.38. The van der Waals surface area contributed by atoms with E-state index in [0.717, 1.165) is 12.8 Å². The van der Waals surface area contributed by atoms with Crippen molar-refractivity contribution in [3.63, 3.8) is 0 Å². The van der Waals surface area contributed by atoms with Crippen LogP contribution in [0.1, 0.15) is 54.4 Å². The summed E-state index contributed by atoms with van der Waals surface area (Å²) in [5.74, 6) is 0. The van der Waals surface area contributed by atoms with Gasteiger partial charge in [0, 0.05) is 0 Å². The van der Waals surface area contributed by atoms with Gasteiger partial charge in [0.15, 0.2) is 0 Å². The Morgan fingerprint density at radius 3 is 1.45 bits per heavy atom. The van der Waals surface area contributed by atoms with Gasteiger partial charge >= 0.3 is 0 Å². The molecule has 0 aliphatic carbocycles. The highest BCUT2D eigenvalue weighted by atomic mass is 16.5. The molecular formula is C10H24O. The Morgan fingerprint density at radius 1 is 1.00 bits per heavy atom. The van der Waals surface area contributed by atoms with Crippen LogP contribution in [-0.4, -0.2) is 12.2 Å². The quantitative estimate of drug-likeness (QED) is 0.610. The van der Waals surface area contributed by atoms with Gasteiger partial charge in [-0.1, -0.05) is 27.7 Å². The maximum Gasteiger partial charge on any atom is 0.0573 e. The third kappa shape index (κ3) is 9.96. The minimum atomic E-state index is 0.384. The first-order valence-corrected chi connectivity index (χ1v) is 4.86. The molecule has 0 radical (unpaired) electrons. The van der Waals surface area contributed by atoms with Gasteiger partial charge in [-0.05, 0) is 26.7 Å². The van der Waals surface area contributed by atoms with E-state index < -0.39 is 0 Å². The summed E-state index contributed by atoms with van der Waals surface area (Å²) >= 11 is 0. The van der Waals surface area contributed by atoms with E-state index in [4.69, 9.17) is 4.74 Å². The fraction of sp³-hybridized carbons (Fsp3) is 1.00. The van der Waals surface area contributed by atoms with E-state index in [9.17, 15) is 0 Å². The van der Waals surface area contributed by atoms with E-state index in [2.05, 4.69) is 27.7 Å². The molecule has 0 saturated heterocycles. The molecule has 1 nitrogen and oxygen atoms in total. The van der Waals surface area contributed by atoms with Crippen LogP contribution in [0.3, 0.4) is 0 Å². The van der Waals surface area contributed by atoms with Crippen LogP contribution in [-0.2, 0) is 4.74 Å². The van der Waals surface area contributed by atoms with Crippen molar-refractivity contribution in [2.45, 2.75) is 66.6 Å². The standard InChI is InChI=1S/C8H18O.C2H6/c1-5-8(6-2)9-7(3)4;1-2/h7-8H,5-6H2,1-4H3;1-2H3. The molecule has 0 heterocycles. The monoisotopic (exact) mass is 160 g/mol. The molecule has 0 rings (SSSR count). The number of hydrogen-bond acceptors (Lipinski definition) is 1. The van der Waals surface area contributed by atoms with E-state index in [1.54, 1.807) is 0 Å². The fourth-order valence-electron chi connectivity index (χ4n) is 0.866. The SMILES string of the molecule is CC.CCC(CC)OC(C)C.